The third-order valence-electron chi connectivity index (χ3n) is 3.99. The molecule has 1 aliphatic heterocycles. The lowest BCUT2D eigenvalue weighted by Gasteiger charge is -2.37. The van der Waals surface area contributed by atoms with Gasteiger partial charge in [0.1, 0.15) is 6.07 Å². The van der Waals surface area contributed by atoms with E-state index in [0.717, 1.165) is 31.6 Å². The number of pyridine rings is 1. The molecule has 0 spiro atoms. The molecular weight excluding hydrogens is 254 g/mol. The normalized spacial score (nSPS) is 20.2. The summed E-state index contributed by atoms with van der Waals surface area (Å²) in [7, 11) is 0. The van der Waals surface area contributed by atoms with Gasteiger partial charge in [-0.1, -0.05) is 6.92 Å². The smallest absolute Gasteiger partial charge is 0.303 e. The first-order valence-electron chi connectivity index (χ1n) is 6.93. The van der Waals surface area contributed by atoms with Gasteiger partial charge in [0, 0.05) is 25.7 Å². The van der Waals surface area contributed by atoms with Crippen LogP contribution in [0.25, 0.3) is 0 Å². The third kappa shape index (κ3) is 3.27. The summed E-state index contributed by atoms with van der Waals surface area (Å²) in [6, 6.07) is 5.87. The lowest BCUT2D eigenvalue weighted by atomic mass is 9.84. The molecule has 2 rings (SSSR count). The van der Waals surface area contributed by atoms with Crippen molar-refractivity contribution in [3.63, 3.8) is 0 Å². The molecule has 0 amide bonds. The summed E-state index contributed by atoms with van der Waals surface area (Å²) in [5, 5.41) is 18.0. The number of nitriles is 1. The van der Waals surface area contributed by atoms with E-state index in [-0.39, 0.29) is 12.3 Å². The highest BCUT2D eigenvalue weighted by atomic mass is 16.4. The van der Waals surface area contributed by atoms with Gasteiger partial charge in [-0.25, -0.2) is 4.98 Å². The molecule has 20 heavy (non-hydrogen) atoms. The van der Waals surface area contributed by atoms with E-state index >= 15 is 0 Å². The standard InChI is InChI=1S/C15H19N3O2/c1-11(8-15(19)20)12-4-3-7-18(10-12)14-5-2-6-17-13(14)9-16/h2,5-6,11-12H,3-4,7-8,10H2,1H3,(H,19,20). The van der Waals surface area contributed by atoms with Crippen molar-refractivity contribution in [2.45, 2.75) is 26.2 Å². The Morgan fingerprint density at radius 3 is 3.20 bits per heavy atom. The van der Waals surface area contributed by atoms with Gasteiger partial charge in [-0.3, -0.25) is 4.79 Å². The molecule has 1 aromatic heterocycles. The molecule has 2 unspecified atom stereocenters. The van der Waals surface area contributed by atoms with Crippen molar-refractivity contribution in [1.29, 1.82) is 5.26 Å². The second kappa shape index (κ2) is 6.38. The van der Waals surface area contributed by atoms with Crippen LogP contribution in [-0.2, 0) is 4.79 Å². The highest BCUT2D eigenvalue weighted by molar-refractivity contribution is 5.67. The molecule has 1 aromatic rings. The molecule has 1 fully saturated rings. The quantitative estimate of drug-likeness (QED) is 0.910. The number of carboxylic acid groups (broad SMARTS) is 1. The predicted octanol–water partition coefficient (Wildman–Crippen LogP) is 2.28. The fraction of sp³-hybridized carbons (Fsp3) is 0.533. The Hall–Kier alpha value is -2.09. The van der Waals surface area contributed by atoms with Gasteiger partial charge in [-0.15, -0.1) is 0 Å². The number of aromatic nitrogens is 1. The first-order valence-corrected chi connectivity index (χ1v) is 6.93. The topological polar surface area (TPSA) is 77.2 Å². The van der Waals surface area contributed by atoms with Gasteiger partial charge < -0.3 is 10.0 Å². The zero-order valence-electron chi connectivity index (χ0n) is 11.6. The Morgan fingerprint density at radius 1 is 1.70 bits per heavy atom. The summed E-state index contributed by atoms with van der Waals surface area (Å²) < 4.78 is 0. The fourth-order valence-corrected chi connectivity index (χ4v) is 2.87. The number of nitrogens with zero attached hydrogens (tertiary/aromatic N) is 3. The predicted molar refractivity (Wildman–Crippen MR) is 75.3 cm³/mol. The summed E-state index contributed by atoms with van der Waals surface area (Å²) >= 11 is 0. The zero-order chi connectivity index (χ0) is 14.5. The van der Waals surface area contributed by atoms with E-state index in [1.807, 2.05) is 19.1 Å². The van der Waals surface area contributed by atoms with E-state index in [1.54, 1.807) is 6.20 Å². The van der Waals surface area contributed by atoms with Crippen LogP contribution >= 0.6 is 0 Å². The minimum absolute atomic E-state index is 0.150. The van der Waals surface area contributed by atoms with Crippen LogP contribution in [-0.4, -0.2) is 29.1 Å². The van der Waals surface area contributed by atoms with Crippen LogP contribution < -0.4 is 4.90 Å². The number of piperidine rings is 1. The van der Waals surface area contributed by atoms with Gasteiger partial charge in [0.2, 0.25) is 0 Å². The minimum atomic E-state index is -0.742. The molecule has 2 heterocycles. The molecule has 0 saturated carbocycles. The van der Waals surface area contributed by atoms with Crippen LogP contribution in [0.3, 0.4) is 0 Å². The highest BCUT2D eigenvalue weighted by Gasteiger charge is 2.27. The Bertz CT molecular complexity index is 524. The van der Waals surface area contributed by atoms with E-state index in [0.29, 0.717) is 11.6 Å². The Morgan fingerprint density at radius 2 is 2.50 bits per heavy atom. The molecular formula is C15H19N3O2. The maximum atomic E-state index is 10.8. The number of rotatable bonds is 4. The molecule has 1 N–H and O–H groups in total. The zero-order valence-corrected chi connectivity index (χ0v) is 11.6. The van der Waals surface area contributed by atoms with E-state index in [4.69, 9.17) is 10.4 Å². The van der Waals surface area contributed by atoms with Crippen molar-refractivity contribution in [3.05, 3.63) is 24.0 Å². The van der Waals surface area contributed by atoms with E-state index < -0.39 is 5.97 Å². The largest absolute Gasteiger partial charge is 0.481 e. The van der Waals surface area contributed by atoms with Gasteiger partial charge in [0.05, 0.1) is 5.69 Å². The number of anilines is 1. The fourth-order valence-electron chi connectivity index (χ4n) is 2.87. The number of carbonyl (C=O) groups is 1. The van der Waals surface area contributed by atoms with Crippen LogP contribution in [0.5, 0.6) is 0 Å². The second-order valence-corrected chi connectivity index (χ2v) is 5.41. The third-order valence-corrected chi connectivity index (χ3v) is 3.99. The number of aliphatic carboxylic acids is 1. The van der Waals surface area contributed by atoms with Crippen LogP contribution in [0.1, 0.15) is 31.9 Å². The Labute approximate surface area is 118 Å². The molecule has 5 nitrogen and oxygen atoms in total. The van der Waals surface area contributed by atoms with Crippen molar-refractivity contribution < 1.29 is 9.90 Å². The number of hydrogen-bond donors (Lipinski definition) is 1. The minimum Gasteiger partial charge on any atom is -0.481 e. The van der Waals surface area contributed by atoms with Gasteiger partial charge in [0.15, 0.2) is 5.69 Å². The van der Waals surface area contributed by atoms with Crippen LogP contribution in [0, 0.1) is 23.2 Å². The number of carboxylic acids is 1. The molecule has 0 aliphatic carbocycles. The first-order chi connectivity index (χ1) is 9.61. The van der Waals surface area contributed by atoms with Crippen molar-refractivity contribution in [2.24, 2.45) is 11.8 Å². The average Bonchev–Trinajstić information content (AvgIpc) is 2.46. The lowest BCUT2D eigenvalue weighted by Crippen LogP contribution is -2.38. The maximum Gasteiger partial charge on any atom is 0.303 e. The summed E-state index contributed by atoms with van der Waals surface area (Å²) in [6.45, 7) is 3.70. The van der Waals surface area contributed by atoms with E-state index in [2.05, 4.69) is 16.0 Å². The molecule has 106 valence electrons. The van der Waals surface area contributed by atoms with Gasteiger partial charge >= 0.3 is 5.97 Å². The Kier molecular flexibility index (Phi) is 4.57. The first kappa shape index (κ1) is 14.3. The van der Waals surface area contributed by atoms with E-state index in [1.165, 1.54) is 0 Å². The second-order valence-electron chi connectivity index (χ2n) is 5.41. The van der Waals surface area contributed by atoms with Gasteiger partial charge in [0.25, 0.3) is 0 Å². The summed E-state index contributed by atoms with van der Waals surface area (Å²) in [6.07, 6.45) is 3.90. The molecule has 0 radical (unpaired) electrons. The number of hydrogen-bond acceptors (Lipinski definition) is 4. The summed E-state index contributed by atoms with van der Waals surface area (Å²) in [4.78, 5) is 17.1. The Balaban J connectivity index is 2.11. The lowest BCUT2D eigenvalue weighted by molar-refractivity contribution is -0.138. The van der Waals surface area contributed by atoms with Gasteiger partial charge in [-0.2, -0.15) is 5.26 Å². The van der Waals surface area contributed by atoms with Crippen molar-refractivity contribution in [3.8, 4) is 6.07 Å². The average molecular weight is 273 g/mol. The molecule has 5 heteroatoms. The van der Waals surface area contributed by atoms with Crippen LogP contribution in [0.4, 0.5) is 5.69 Å². The molecule has 1 aliphatic rings. The van der Waals surface area contributed by atoms with Crippen molar-refractivity contribution in [1.82, 2.24) is 4.98 Å². The molecule has 0 aromatic carbocycles. The van der Waals surface area contributed by atoms with Crippen molar-refractivity contribution in [2.75, 3.05) is 18.0 Å². The monoisotopic (exact) mass is 273 g/mol. The van der Waals surface area contributed by atoms with Crippen molar-refractivity contribution >= 4 is 11.7 Å². The maximum absolute atomic E-state index is 10.8. The SMILES string of the molecule is CC(CC(=O)O)C1CCCN(c2cccnc2C#N)C1. The molecule has 0 bridgehead atoms. The molecule has 1 saturated heterocycles. The van der Waals surface area contributed by atoms with Gasteiger partial charge in [-0.05, 0) is 36.8 Å². The highest BCUT2D eigenvalue weighted by Crippen LogP contribution is 2.30. The van der Waals surface area contributed by atoms with Crippen LogP contribution in [0.2, 0.25) is 0 Å². The molecule has 2 atom stereocenters. The van der Waals surface area contributed by atoms with Crippen LogP contribution in [0.15, 0.2) is 18.3 Å². The summed E-state index contributed by atoms with van der Waals surface area (Å²) in [5.74, 6) is -0.238. The van der Waals surface area contributed by atoms with E-state index in [9.17, 15) is 4.79 Å². The summed E-state index contributed by atoms with van der Waals surface area (Å²) in [5.41, 5.74) is 1.31.